The van der Waals surface area contributed by atoms with E-state index in [4.69, 9.17) is 5.73 Å². The first-order valence-corrected chi connectivity index (χ1v) is 5.31. The highest BCUT2D eigenvalue weighted by atomic mass is 16.1. The van der Waals surface area contributed by atoms with E-state index in [2.05, 4.69) is 10.4 Å². The molecule has 5 nitrogen and oxygen atoms in total. The van der Waals surface area contributed by atoms with Crippen molar-refractivity contribution in [3.8, 4) is 0 Å². The number of rotatable bonds is 2. The van der Waals surface area contributed by atoms with Crippen molar-refractivity contribution in [2.75, 3.05) is 12.3 Å². The molecule has 1 fully saturated rings. The Labute approximate surface area is 88.6 Å². The average molecular weight is 208 g/mol. The molecule has 3 N–H and O–H groups in total. The first-order chi connectivity index (χ1) is 7.25. The summed E-state index contributed by atoms with van der Waals surface area (Å²) in [5.74, 6) is 0.174. The summed E-state index contributed by atoms with van der Waals surface area (Å²) in [7, 11) is 0. The van der Waals surface area contributed by atoms with Gasteiger partial charge in [0.05, 0.1) is 24.3 Å². The van der Waals surface area contributed by atoms with Crippen LogP contribution in [0.3, 0.4) is 0 Å². The second-order valence-electron chi connectivity index (χ2n) is 3.98. The molecule has 0 spiro atoms. The fourth-order valence-corrected chi connectivity index (χ4v) is 1.88. The molecule has 5 heteroatoms. The van der Waals surface area contributed by atoms with E-state index in [0.29, 0.717) is 12.2 Å². The van der Waals surface area contributed by atoms with Crippen molar-refractivity contribution < 1.29 is 4.79 Å². The van der Waals surface area contributed by atoms with Gasteiger partial charge in [-0.2, -0.15) is 5.10 Å². The van der Waals surface area contributed by atoms with Gasteiger partial charge in [0.15, 0.2) is 0 Å². The molecule has 1 aromatic rings. The third kappa shape index (κ3) is 2.49. The van der Waals surface area contributed by atoms with Crippen molar-refractivity contribution in [1.82, 2.24) is 15.1 Å². The van der Waals surface area contributed by atoms with Gasteiger partial charge in [-0.25, -0.2) is 0 Å². The SMILES string of the molecule is Nc1cnn(CC2CCCCNC2=O)c1. The molecule has 1 saturated heterocycles. The topological polar surface area (TPSA) is 72.9 Å². The summed E-state index contributed by atoms with van der Waals surface area (Å²) < 4.78 is 1.74. The van der Waals surface area contributed by atoms with Gasteiger partial charge in [0.1, 0.15) is 0 Å². The highest BCUT2D eigenvalue weighted by Gasteiger charge is 2.21. The van der Waals surface area contributed by atoms with Gasteiger partial charge in [-0.15, -0.1) is 0 Å². The molecule has 0 radical (unpaired) electrons. The van der Waals surface area contributed by atoms with Crippen LogP contribution >= 0.6 is 0 Å². The van der Waals surface area contributed by atoms with Crippen molar-refractivity contribution in [2.24, 2.45) is 5.92 Å². The maximum atomic E-state index is 11.6. The van der Waals surface area contributed by atoms with Crippen LogP contribution in [0.5, 0.6) is 0 Å². The van der Waals surface area contributed by atoms with Crippen LogP contribution in [0.1, 0.15) is 19.3 Å². The van der Waals surface area contributed by atoms with Crippen molar-refractivity contribution in [3.05, 3.63) is 12.4 Å². The number of carbonyl (C=O) groups excluding carboxylic acids is 1. The third-order valence-electron chi connectivity index (χ3n) is 2.71. The quantitative estimate of drug-likeness (QED) is 0.738. The Morgan fingerprint density at radius 3 is 3.20 bits per heavy atom. The van der Waals surface area contributed by atoms with E-state index < -0.39 is 0 Å². The zero-order chi connectivity index (χ0) is 10.7. The molecule has 0 aliphatic carbocycles. The number of hydrogen-bond acceptors (Lipinski definition) is 3. The molecule has 2 rings (SSSR count). The number of carbonyl (C=O) groups is 1. The smallest absolute Gasteiger partial charge is 0.224 e. The molecule has 1 aliphatic heterocycles. The van der Waals surface area contributed by atoms with E-state index >= 15 is 0 Å². The predicted octanol–water partition coefficient (Wildman–Crippen LogP) is 0.382. The van der Waals surface area contributed by atoms with Gasteiger partial charge in [-0.05, 0) is 12.8 Å². The van der Waals surface area contributed by atoms with Crippen LogP contribution in [0.4, 0.5) is 5.69 Å². The normalized spacial score (nSPS) is 22.1. The van der Waals surface area contributed by atoms with Gasteiger partial charge >= 0.3 is 0 Å². The largest absolute Gasteiger partial charge is 0.396 e. The van der Waals surface area contributed by atoms with E-state index in [9.17, 15) is 4.79 Å². The van der Waals surface area contributed by atoms with Crippen LogP contribution in [0.15, 0.2) is 12.4 Å². The molecule has 1 unspecified atom stereocenters. The number of hydrogen-bond donors (Lipinski definition) is 2. The third-order valence-corrected chi connectivity index (χ3v) is 2.71. The van der Waals surface area contributed by atoms with Gasteiger partial charge in [-0.3, -0.25) is 9.48 Å². The Hall–Kier alpha value is -1.52. The summed E-state index contributed by atoms with van der Waals surface area (Å²) in [5, 5.41) is 7.00. The molecule has 1 amide bonds. The molecular weight excluding hydrogens is 192 g/mol. The average Bonchev–Trinajstić information content (AvgIpc) is 2.50. The number of nitrogens with zero attached hydrogens (tertiary/aromatic N) is 2. The van der Waals surface area contributed by atoms with Gasteiger partial charge in [0.2, 0.25) is 5.91 Å². The summed E-state index contributed by atoms with van der Waals surface area (Å²) >= 11 is 0. The zero-order valence-electron chi connectivity index (χ0n) is 8.65. The number of amides is 1. The number of aromatic nitrogens is 2. The maximum Gasteiger partial charge on any atom is 0.224 e. The van der Waals surface area contributed by atoms with Crippen molar-refractivity contribution in [2.45, 2.75) is 25.8 Å². The van der Waals surface area contributed by atoms with Crippen molar-refractivity contribution >= 4 is 11.6 Å². The molecule has 0 saturated carbocycles. The van der Waals surface area contributed by atoms with E-state index in [-0.39, 0.29) is 11.8 Å². The second kappa shape index (κ2) is 4.33. The molecule has 1 atom stereocenters. The summed E-state index contributed by atoms with van der Waals surface area (Å²) in [6.07, 6.45) is 6.47. The summed E-state index contributed by atoms with van der Waals surface area (Å²) in [6.45, 7) is 1.43. The van der Waals surface area contributed by atoms with Crippen LogP contribution in [0, 0.1) is 5.92 Å². The lowest BCUT2D eigenvalue weighted by Gasteiger charge is -2.12. The van der Waals surface area contributed by atoms with Gasteiger partial charge in [0, 0.05) is 12.7 Å². The fourth-order valence-electron chi connectivity index (χ4n) is 1.88. The molecule has 82 valence electrons. The monoisotopic (exact) mass is 208 g/mol. The Bertz CT molecular complexity index is 347. The Kier molecular flexibility index (Phi) is 2.89. The maximum absolute atomic E-state index is 11.6. The van der Waals surface area contributed by atoms with Crippen LogP contribution < -0.4 is 11.1 Å². The molecule has 2 heterocycles. The van der Waals surface area contributed by atoms with E-state index in [1.807, 2.05) is 0 Å². The van der Waals surface area contributed by atoms with Crippen molar-refractivity contribution in [3.63, 3.8) is 0 Å². The lowest BCUT2D eigenvalue weighted by molar-refractivity contribution is -0.125. The Balaban J connectivity index is 2.00. The Morgan fingerprint density at radius 1 is 1.60 bits per heavy atom. The lowest BCUT2D eigenvalue weighted by Crippen LogP contribution is -2.31. The highest BCUT2D eigenvalue weighted by Crippen LogP contribution is 2.14. The molecule has 1 aliphatic rings. The number of nitrogen functional groups attached to an aromatic ring is 1. The Morgan fingerprint density at radius 2 is 2.47 bits per heavy atom. The fraction of sp³-hybridized carbons (Fsp3) is 0.600. The first kappa shape index (κ1) is 10.0. The van der Waals surface area contributed by atoms with Crippen LogP contribution in [0.2, 0.25) is 0 Å². The number of anilines is 1. The summed E-state index contributed by atoms with van der Waals surface area (Å²) in [6, 6.07) is 0. The molecule has 0 bridgehead atoms. The highest BCUT2D eigenvalue weighted by molar-refractivity contribution is 5.78. The lowest BCUT2D eigenvalue weighted by atomic mass is 10.0. The van der Waals surface area contributed by atoms with E-state index in [1.165, 1.54) is 0 Å². The first-order valence-electron chi connectivity index (χ1n) is 5.31. The zero-order valence-corrected chi connectivity index (χ0v) is 8.65. The minimum absolute atomic E-state index is 0.0341. The predicted molar refractivity (Wildman–Crippen MR) is 57.0 cm³/mol. The molecular formula is C10H16N4O. The summed E-state index contributed by atoms with van der Waals surface area (Å²) in [4.78, 5) is 11.6. The molecule has 15 heavy (non-hydrogen) atoms. The molecule has 1 aromatic heterocycles. The van der Waals surface area contributed by atoms with Crippen LogP contribution in [-0.4, -0.2) is 22.2 Å². The minimum atomic E-state index is 0.0341. The van der Waals surface area contributed by atoms with Crippen LogP contribution in [0.25, 0.3) is 0 Å². The van der Waals surface area contributed by atoms with Crippen LogP contribution in [-0.2, 0) is 11.3 Å². The van der Waals surface area contributed by atoms with Crippen molar-refractivity contribution in [1.29, 1.82) is 0 Å². The van der Waals surface area contributed by atoms with Gasteiger partial charge in [0.25, 0.3) is 0 Å². The van der Waals surface area contributed by atoms with Gasteiger partial charge in [-0.1, -0.05) is 6.42 Å². The number of nitrogens with two attached hydrogens (primary N) is 1. The minimum Gasteiger partial charge on any atom is -0.396 e. The van der Waals surface area contributed by atoms with E-state index in [0.717, 1.165) is 25.8 Å². The number of nitrogens with one attached hydrogen (secondary N) is 1. The molecule has 0 aromatic carbocycles. The summed E-state index contributed by atoms with van der Waals surface area (Å²) in [5.41, 5.74) is 6.21. The van der Waals surface area contributed by atoms with E-state index in [1.54, 1.807) is 17.1 Å². The second-order valence-corrected chi connectivity index (χ2v) is 3.98. The van der Waals surface area contributed by atoms with Gasteiger partial charge < -0.3 is 11.1 Å². The standard InChI is InChI=1S/C10H16N4O/c11-9-5-13-14(7-9)6-8-3-1-2-4-12-10(8)15/h5,7-8H,1-4,6,11H2,(H,12,15).